The molecule has 0 aliphatic heterocycles. The number of carbonyl (C=O) groups excluding carboxylic acids is 1. The summed E-state index contributed by atoms with van der Waals surface area (Å²) >= 11 is 8.99. The van der Waals surface area contributed by atoms with E-state index in [4.69, 9.17) is 16.3 Å². The van der Waals surface area contributed by atoms with Crippen LogP contribution in [-0.2, 0) is 4.74 Å². The predicted molar refractivity (Wildman–Crippen MR) is 68.0 cm³/mol. The minimum absolute atomic E-state index is 0.289. The fourth-order valence-electron chi connectivity index (χ4n) is 1.21. The molecule has 0 aromatic heterocycles. The summed E-state index contributed by atoms with van der Waals surface area (Å²) in [6, 6.07) is 3.88. The lowest BCUT2D eigenvalue weighted by molar-refractivity contribution is 0.0948. The zero-order valence-electron chi connectivity index (χ0n) is 9.17. The zero-order valence-corrected chi connectivity index (χ0v) is 11.5. The Morgan fingerprint density at radius 3 is 2.94 bits per heavy atom. The van der Waals surface area contributed by atoms with Crippen LogP contribution in [0.4, 0.5) is 4.39 Å². The lowest BCUT2D eigenvalue weighted by Crippen LogP contribution is -2.31. The highest BCUT2D eigenvalue weighted by atomic mass is 79.9. The number of nitrogens with one attached hydrogen (secondary N) is 1. The minimum atomic E-state index is -0.400. The minimum Gasteiger partial charge on any atom is -0.383 e. The lowest BCUT2D eigenvalue weighted by atomic mass is 10.2. The van der Waals surface area contributed by atoms with Crippen molar-refractivity contribution in [1.29, 1.82) is 0 Å². The van der Waals surface area contributed by atoms with Gasteiger partial charge in [0.25, 0.3) is 5.91 Å². The fourth-order valence-corrected chi connectivity index (χ4v) is 1.95. The number of amides is 1. The Morgan fingerprint density at radius 1 is 1.65 bits per heavy atom. The molecule has 0 fully saturated rings. The summed E-state index contributed by atoms with van der Waals surface area (Å²) in [6.45, 7) is 0.643. The highest BCUT2D eigenvalue weighted by Gasteiger charge is 2.12. The van der Waals surface area contributed by atoms with Gasteiger partial charge in [-0.2, -0.15) is 0 Å². The maximum absolute atomic E-state index is 12.8. The van der Waals surface area contributed by atoms with E-state index in [2.05, 4.69) is 21.2 Å². The van der Waals surface area contributed by atoms with E-state index >= 15 is 0 Å². The van der Waals surface area contributed by atoms with Crippen LogP contribution in [0, 0.1) is 5.82 Å². The molecule has 1 N–H and O–H groups in total. The standard InChI is InChI=1S/C11H12BrClFNO2/c1-17-6-7(13)5-15-11(16)9-3-2-8(14)4-10(9)12/h2-4,7H,5-6H2,1H3,(H,15,16). The summed E-state index contributed by atoms with van der Waals surface area (Å²) in [5.41, 5.74) is 0.368. The Balaban J connectivity index is 2.58. The molecule has 1 aromatic carbocycles. The second-order valence-electron chi connectivity index (χ2n) is 3.39. The van der Waals surface area contributed by atoms with Crippen molar-refractivity contribution in [2.24, 2.45) is 0 Å². The molecule has 0 aliphatic rings. The summed E-state index contributed by atoms with van der Waals surface area (Å²) in [7, 11) is 1.54. The number of ether oxygens (including phenoxy) is 1. The summed E-state index contributed by atoms with van der Waals surface area (Å²) in [5, 5.41) is 2.35. The van der Waals surface area contributed by atoms with Crippen LogP contribution in [0.1, 0.15) is 10.4 Å². The zero-order chi connectivity index (χ0) is 12.8. The molecular formula is C11H12BrClFNO2. The Hall–Kier alpha value is -0.650. The van der Waals surface area contributed by atoms with Gasteiger partial charge in [-0.15, -0.1) is 11.6 Å². The van der Waals surface area contributed by atoms with Gasteiger partial charge in [0.2, 0.25) is 0 Å². The molecule has 0 radical (unpaired) electrons. The number of hydrogen-bond acceptors (Lipinski definition) is 2. The van der Waals surface area contributed by atoms with Crippen LogP contribution in [-0.4, -0.2) is 31.5 Å². The Kier molecular flexibility index (Phi) is 5.88. The average molecular weight is 325 g/mol. The second-order valence-corrected chi connectivity index (χ2v) is 4.86. The number of halogens is 3. The highest BCUT2D eigenvalue weighted by Crippen LogP contribution is 2.17. The van der Waals surface area contributed by atoms with Crippen LogP contribution >= 0.6 is 27.5 Å². The molecule has 0 aliphatic carbocycles. The molecule has 1 aromatic rings. The maximum Gasteiger partial charge on any atom is 0.252 e. The van der Waals surface area contributed by atoms with Gasteiger partial charge in [-0.05, 0) is 34.1 Å². The molecule has 3 nitrogen and oxygen atoms in total. The van der Waals surface area contributed by atoms with Crippen molar-refractivity contribution < 1.29 is 13.9 Å². The highest BCUT2D eigenvalue weighted by molar-refractivity contribution is 9.10. The van der Waals surface area contributed by atoms with E-state index in [9.17, 15) is 9.18 Å². The van der Waals surface area contributed by atoms with Gasteiger partial charge in [0, 0.05) is 18.1 Å². The van der Waals surface area contributed by atoms with Crippen molar-refractivity contribution in [3.8, 4) is 0 Å². The molecule has 1 unspecified atom stereocenters. The molecule has 0 heterocycles. The monoisotopic (exact) mass is 323 g/mol. The number of benzene rings is 1. The lowest BCUT2D eigenvalue weighted by Gasteiger charge is -2.10. The SMILES string of the molecule is COCC(Cl)CNC(=O)c1ccc(F)cc1Br. The van der Waals surface area contributed by atoms with E-state index in [0.717, 1.165) is 0 Å². The van der Waals surface area contributed by atoms with Gasteiger partial charge in [-0.1, -0.05) is 0 Å². The van der Waals surface area contributed by atoms with Crippen LogP contribution in [0.25, 0.3) is 0 Å². The summed E-state index contributed by atoms with van der Waals surface area (Å²) < 4.78 is 18.1. The van der Waals surface area contributed by atoms with Gasteiger partial charge in [-0.3, -0.25) is 4.79 Å². The van der Waals surface area contributed by atoms with E-state index < -0.39 is 5.82 Å². The Bertz CT molecular complexity index is 403. The molecule has 6 heteroatoms. The van der Waals surface area contributed by atoms with Gasteiger partial charge in [0.05, 0.1) is 17.5 Å². The van der Waals surface area contributed by atoms with Crippen LogP contribution in [0.2, 0.25) is 0 Å². The van der Waals surface area contributed by atoms with Crippen molar-refractivity contribution in [3.63, 3.8) is 0 Å². The van der Waals surface area contributed by atoms with Crippen molar-refractivity contribution in [1.82, 2.24) is 5.32 Å². The molecule has 1 atom stereocenters. The predicted octanol–water partition coefficient (Wildman–Crippen LogP) is 2.57. The third kappa shape index (κ3) is 4.61. The molecule has 1 rings (SSSR count). The van der Waals surface area contributed by atoms with E-state index in [1.807, 2.05) is 0 Å². The Labute approximate surface area is 112 Å². The smallest absolute Gasteiger partial charge is 0.252 e. The van der Waals surface area contributed by atoms with Crippen molar-refractivity contribution in [2.45, 2.75) is 5.38 Å². The molecule has 0 bridgehead atoms. The maximum atomic E-state index is 12.8. The van der Waals surface area contributed by atoms with Crippen molar-refractivity contribution in [3.05, 3.63) is 34.1 Å². The third-order valence-corrected chi connectivity index (χ3v) is 2.94. The average Bonchev–Trinajstić information content (AvgIpc) is 2.26. The quantitative estimate of drug-likeness (QED) is 0.846. The van der Waals surface area contributed by atoms with Crippen molar-refractivity contribution in [2.75, 3.05) is 20.3 Å². The second kappa shape index (κ2) is 6.93. The summed E-state index contributed by atoms with van der Waals surface area (Å²) in [6.07, 6.45) is 0. The van der Waals surface area contributed by atoms with Crippen LogP contribution in [0.5, 0.6) is 0 Å². The number of rotatable bonds is 5. The van der Waals surface area contributed by atoms with Crippen molar-refractivity contribution >= 4 is 33.4 Å². The van der Waals surface area contributed by atoms with E-state index in [1.54, 1.807) is 0 Å². The summed E-state index contributed by atoms with van der Waals surface area (Å²) in [5.74, 6) is -0.707. The van der Waals surface area contributed by atoms with E-state index in [-0.39, 0.29) is 17.8 Å². The molecule has 0 saturated heterocycles. The number of hydrogen-bond donors (Lipinski definition) is 1. The first-order valence-electron chi connectivity index (χ1n) is 4.91. The fraction of sp³-hybridized carbons (Fsp3) is 0.364. The molecule has 17 heavy (non-hydrogen) atoms. The first-order valence-corrected chi connectivity index (χ1v) is 6.13. The van der Waals surface area contributed by atoms with Gasteiger partial charge >= 0.3 is 0 Å². The largest absolute Gasteiger partial charge is 0.383 e. The number of alkyl halides is 1. The first-order chi connectivity index (χ1) is 8.04. The molecule has 0 saturated carbocycles. The van der Waals surface area contributed by atoms with Gasteiger partial charge in [0.15, 0.2) is 0 Å². The Morgan fingerprint density at radius 2 is 2.35 bits per heavy atom. The first kappa shape index (κ1) is 14.4. The number of methoxy groups -OCH3 is 1. The number of carbonyl (C=O) groups is 1. The van der Waals surface area contributed by atoms with Gasteiger partial charge < -0.3 is 10.1 Å². The molecule has 1 amide bonds. The van der Waals surface area contributed by atoms with Crippen LogP contribution in [0.15, 0.2) is 22.7 Å². The van der Waals surface area contributed by atoms with Gasteiger partial charge in [-0.25, -0.2) is 4.39 Å². The molecule has 94 valence electrons. The van der Waals surface area contributed by atoms with Crippen LogP contribution in [0.3, 0.4) is 0 Å². The van der Waals surface area contributed by atoms with Gasteiger partial charge in [0.1, 0.15) is 5.82 Å². The van der Waals surface area contributed by atoms with Crippen LogP contribution < -0.4 is 5.32 Å². The van der Waals surface area contributed by atoms with E-state index in [1.165, 1.54) is 25.3 Å². The normalized spacial score (nSPS) is 12.2. The summed E-state index contributed by atoms with van der Waals surface area (Å²) in [4.78, 5) is 11.7. The molecular weight excluding hydrogens is 312 g/mol. The topological polar surface area (TPSA) is 38.3 Å². The molecule has 0 spiro atoms. The third-order valence-electron chi connectivity index (χ3n) is 2.01. The van der Waals surface area contributed by atoms with E-state index in [0.29, 0.717) is 16.6 Å².